The van der Waals surface area contributed by atoms with Crippen molar-refractivity contribution >= 4 is 31.3 Å². The van der Waals surface area contributed by atoms with Gasteiger partial charge in [-0.2, -0.15) is 5.26 Å². The van der Waals surface area contributed by atoms with Gasteiger partial charge in [0.2, 0.25) is 6.79 Å². The highest BCUT2D eigenvalue weighted by Gasteiger charge is 2.45. The number of phosphoric ester groups is 1. The maximum atomic E-state index is 15.4. The standard InChI is InChI=1S/C39H43F2N2O9PS/c1-9-39(31-19-18-30(40)20-32(31)41,25(2)34-43-33(23-54-34)28-14-10-26(21-42)11-15-28)50-36(45)48-24-47-35(44)29-16-12-27(13-17-29)22-49-53(46,51-37(3,4)5)52-38(6,7)8/h10-20,23,25H,9,22,24H2,1-8H3/t25?,39-/m1/s1. The van der Waals surface area contributed by atoms with Crippen LogP contribution >= 0.6 is 19.2 Å². The van der Waals surface area contributed by atoms with Gasteiger partial charge in [-0.05, 0) is 89.9 Å². The third-order valence-electron chi connectivity index (χ3n) is 7.80. The number of nitriles is 1. The molecule has 0 saturated heterocycles. The molecule has 1 heterocycles. The number of carbonyl (C=O) groups is 2. The number of esters is 1. The number of phosphoric acid groups is 1. The molecule has 2 atom stereocenters. The summed E-state index contributed by atoms with van der Waals surface area (Å²) in [7, 11) is -3.97. The fraction of sp³-hybridized carbons (Fsp3) is 0.385. The van der Waals surface area contributed by atoms with E-state index >= 15 is 4.39 Å². The van der Waals surface area contributed by atoms with Gasteiger partial charge in [-0.15, -0.1) is 11.3 Å². The molecule has 0 saturated carbocycles. The van der Waals surface area contributed by atoms with Crippen LogP contribution < -0.4 is 0 Å². The van der Waals surface area contributed by atoms with Gasteiger partial charge in [0.15, 0.2) is 5.60 Å². The van der Waals surface area contributed by atoms with E-state index in [0.29, 0.717) is 27.9 Å². The minimum atomic E-state index is -3.97. The summed E-state index contributed by atoms with van der Waals surface area (Å²) in [4.78, 5) is 30.6. The lowest BCUT2D eigenvalue weighted by molar-refractivity contribution is -0.0819. The molecule has 0 aliphatic rings. The molecule has 0 bridgehead atoms. The summed E-state index contributed by atoms with van der Waals surface area (Å²) in [6, 6.07) is 17.9. The minimum absolute atomic E-state index is 0.0353. The van der Waals surface area contributed by atoms with Crippen LogP contribution in [0.5, 0.6) is 0 Å². The highest BCUT2D eigenvalue weighted by Crippen LogP contribution is 2.56. The van der Waals surface area contributed by atoms with Crippen LogP contribution in [0.3, 0.4) is 0 Å². The van der Waals surface area contributed by atoms with Crippen LogP contribution in [-0.2, 0) is 44.6 Å². The zero-order valence-electron chi connectivity index (χ0n) is 31.3. The number of thiazole rings is 1. The van der Waals surface area contributed by atoms with Crippen molar-refractivity contribution in [2.45, 2.75) is 91.1 Å². The first-order valence-electron chi connectivity index (χ1n) is 17.0. The van der Waals surface area contributed by atoms with E-state index in [1.807, 2.05) is 0 Å². The zero-order valence-corrected chi connectivity index (χ0v) is 33.0. The van der Waals surface area contributed by atoms with Crippen molar-refractivity contribution in [1.82, 2.24) is 4.98 Å². The molecule has 288 valence electrons. The van der Waals surface area contributed by atoms with Crippen molar-refractivity contribution in [3.05, 3.63) is 111 Å². The van der Waals surface area contributed by atoms with Crippen molar-refractivity contribution in [3.63, 3.8) is 0 Å². The molecule has 4 rings (SSSR count). The van der Waals surface area contributed by atoms with Gasteiger partial charge < -0.3 is 14.2 Å². The van der Waals surface area contributed by atoms with Crippen LogP contribution in [0.4, 0.5) is 13.6 Å². The molecule has 4 aromatic rings. The van der Waals surface area contributed by atoms with Gasteiger partial charge in [0, 0.05) is 22.6 Å². The summed E-state index contributed by atoms with van der Waals surface area (Å²) in [5, 5.41) is 11.4. The lowest BCUT2D eigenvalue weighted by Gasteiger charge is -2.37. The molecule has 1 aromatic heterocycles. The normalized spacial score (nSPS) is 13.7. The van der Waals surface area contributed by atoms with Crippen LogP contribution in [0.2, 0.25) is 0 Å². The molecule has 0 fully saturated rings. The first-order chi connectivity index (χ1) is 25.3. The molecule has 0 spiro atoms. The average Bonchev–Trinajstić information content (AvgIpc) is 3.59. The Kier molecular flexibility index (Phi) is 13.5. The Hall–Kier alpha value is -4.51. The van der Waals surface area contributed by atoms with Crippen LogP contribution in [-0.4, -0.2) is 35.1 Å². The maximum absolute atomic E-state index is 15.4. The van der Waals surface area contributed by atoms with Crippen LogP contribution in [0, 0.1) is 23.0 Å². The molecule has 0 amide bonds. The van der Waals surface area contributed by atoms with Crippen molar-refractivity contribution in [2.24, 2.45) is 0 Å². The Morgan fingerprint density at radius 3 is 2.11 bits per heavy atom. The SMILES string of the molecule is CC[C@](OC(=O)OCOC(=O)c1ccc(COP(=O)(OC(C)(C)C)OC(C)(C)C)cc1)(c1ccc(F)cc1F)C(C)c1nc(-c2ccc(C#N)cc2)cs1. The number of halogens is 2. The summed E-state index contributed by atoms with van der Waals surface area (Å²) < 4.78 is 75.6. The quantitative estimate of drug-likeness (QED) is 0.0684. The fourth-order valence-corrected chi connectivity index (χ4v) is 8.10. The van der Waals surface area contributed by atoms with E-state index in [2.05, 4.69) is 6.07 Å². The predicted octanol–water partition coefficient (Wildman–Crippen LogP) is 10.6. The summed E-state index contributed by atoms with van der Waals surface area (Å²) in [5.41, 5.74) is -0.938. The van der Waals surface area contributed by atoms with Gasteiger partial charge in [-0.3, -0.25) is 13.6 Å². The Bertz CT molecular complexity index is 2000. The minimum Gasteiger partial charge on any atom is -0.424 e. The summed E-state index contributed by atoms with van der Waals surface area (Å²) in [6.07, 6.45) is -1.23. The molecule has 0 N–H and O–H groups in total. The zero-order chi connectivity index (χ0) is 39.9. The Morgan fingerprint density at radius 1 is 0.926 bits per heavy atom. The number of rotatable bonds is 14. The van der Waals surface area contributed by atoms with Gasteiger partial charge in [0.05, 0.1) is 46.6 Å². The Morgan fingerprint density at radius 2 is 1.56 bits per heavy atom. The number of hydrogen-bond donors (Lipinski definition) is 0. The number of ether oxygens (including phenoxy) is 3. The topological polar surface area (TPSA) is 143 Å². The Labute approximate surface area is 317 Å². The van der Waals surface area contributed by atoms with E-state index in [1.165, 1.54) is 29.5 Å². The second kappa shape index (κ2) is 17.3. The van der Waals surface area contributed by atoms with Crippen LogP contribution in [0.1, 0.15) is 99.8 Å². The maximum Gasteiger partial charge on any atom is 0.512 e. The first-order valence-corrected chi connectivity index (χ1v) is 19.3. The lowest BCUT2D eigenvalue weighted by atomic mass is 9.79. The van der Waals surface area contributed by atoms with Crippen molar-refractivity contribution in [3.8, 4) is 17.3 Å². The summed E-state index contributed by atoms with van der Waals surface area (Å²) in [5.74, 6) is -3.34. The van der Waals surface area contributed by atoms with Gasteiger partial charge in [0.1, 0.15) is 16.6 Å². The van der Waals surface area contributed by atoms with E-state index in [-0.39, 0.29) is 24.2 Å². The van der Waals surface area contributed by atoms with E-state index in [9.17, 15) is 18.5 Å². The smallest absolute Gasteiger partial charge is 0.424 e. The largest absolute Gasteiger partial charge is 0.512 e. The second-order valence-corrected chi connectivity index (χ2v) is 16.6. The molecule has 54 heavy (non-hydrogen) atoms. The molecule has 15 heteroatoms. The predicted molar refractivity (Wildman–Crippen MR) is 197 cm³/mol. The summed E-state index contributed by atoms with van der Waals surface area (Å²) >= 11 is 1.26. The van der Waals surface area contributed by atoms with Gasteiger partial charge in [-0.1, -0.05) is 38.1 Å². The average molecular weight is 785 g/mol. The van der Waals surface area contributed by atoms with E-state index < -0.39 is 61.1 Å². The molecule has 3 aromatic carbocycles. The number of nitrogens with zero attached hydrogens (tertiary/aromatic N) is 2. The van der Waals surface area contributed by atoms with Crippen molar-refractivity contribution in [2.75, 3.05) is 6.79 Å². The molecule has 0 radical (unpaired) electrons. The third kappa shape index (κ3) is 11.3. The number of aromatic nitrogens is 1. The van der Waals surface area contributed by atoms with E-state index in [1.54, 1.807) is 97.2 Å². The fourth-order valence-electron chi connectivity index (χ4n) is 5.34. The second-order valence-electron chi connectivity index (χ2n) is 14.2. The van der Waals surface area contributed by atoms with Crippen LogP contribution in [0.25, 0.3) is 11.3 Å². The van der Waals surface area contributed by atoms with E-state index in [0.717, 1.165) is 11.6 Å². The van der Waals surface area contributed by atoms with Crippen molar-refractivity contribution in [1.29, 1.82) is 5.26 Å². The van der Waals surface area contributed by atoms with Gasteiger partial charge in [-0.25, -0.2) is 27.9 Å². The number of carbonyl (C=O) groups excluding carboxylic acids is 2. The molecular weight excluding hydrogens is 741 g/mol. The van der Waals surface area contributed by atoms with Crippen LogP contribution in [0.15, 0.2) is 72.1 Å². The monoisotopic (exact) mass is 784 g/mol. The third-order valence-corrected chi connectivity index (χ3v) is 10.8. The highest BCUT2D eigenvalue weighted by atomic mass is 32.1. The highest BCUT2D eigenvalue weighted by molar-refractivity contribution is 7.48. The lowest BCUT2D eigenvalue weighted by Crippen LogP contribution is -2.38. The van der Waals surface area contributed by atoms with Gasteiger partial charge >= 0.3 is 19.9 Å². The molecule has 11 nitrogen and oxygen atoms in total. The summed E-state index contributed by atoms with van der Waals surface area (Å²) in [6.45, 7) is 12.7. The number of benzene rings is 3. The number of hydrogen-bond acceptors (Lipinski definition) is 12. The van der Waals surface area contributed by atoms with Crippen molar-refractivity contribution < 1.29 is 50.7 Å². The Balaban J connectivity index is 1.43. The molecule has 0 aliphatic carbocycles. The van der Waals surface area contributed by atoms with Gasteiger partial charge in [0.25, 0.3) is 0 Å². The molecule has 0 aliphatic heterocycles. The first kappa shape index (κ1) is 42.2. The van der Waals surface area contributed by atoms with E-state index in [4.69, 9.17) is 38.0 Å². The molecular formula is C39H43F2N2O9PS. The molecule has 1 unspecified atom stereocenters.